The summed E-state index contributed by atoms with van der Waals surface area (Å²) in [5.41, 5.74) is 7.01. The first-order chi connectivity index (χ1) is 9.70. The van der Waals surface area contributed by atoms with Crippen LogP contribution >= 0.6 is 15.9 Å². The number of rotatable bonds is 2. The number of hydrogen-bond acceptors (Lipinski definition) is 5. The average molecular weight is 351 g/mol. The Hall–Kier alpha value is -2.02. The Morgan fingerprint density at radius 3 is 2.52 bits per heavy atom. The van der Waals surface area contributed by atoms with E-state index in [-0.39, 0.29) is 11.1 Å². The molecule has 0 atom stereocenters. The lowest BCUT2D eigenvalue weighted by Gasteiger charge is -2.20. The number of aromatic nitrogens is 2. The highest BCUT2D eigenvalue weighted by Crippen LogP contribution is 2.33. The highest BCUT2D eigenvalue weighted by atomic mass is 79.9. The van der Waals surface area contributed by atoms with Crippen molar-refractivity contribution in [3.63, 3.8) is 0 Å². The van der Waals surface area contributed by atoms with Gasteiger partial charge >= 0.3 is 0 Å². The molecule has 0 bridgehead atoms. The summed E-state index contributed by atoms with van der Waals surface area (Å²) in [6.07, 6.45) is 0. The summed E-state index contributed by atoms with van der Waals surface area (Å²) in [6.45, 7) is 6.03. The van der Waals surface area contributed by atoms with E-state index < -0.39 is 4.92 Å². The Kier molecular flexibility index (Phi) is 3.95. The highest BCUT2D eigenvalue weighted by molar-refractivity contribution is 9.10. The van der Waals surface area contributed by atoms with Gasteiger partial charge in [-0.05, 0) is 15.9 Å². The number of nitro benzene ring substituents is 1. The Bertz CT molecular complexity index is 711. The molecule has 0 saturated carbocycles. The molecule has 0 aliphatic carbocycles. The van der Waals surface area contributed by atoms with Crippen molar-refractivity contribution in [2.24, 2.45) is 0 Å². The van der Waals surface area contributed by atoms with Gasteiger partial charge in [0, 0.05) is 23.1 Å². The van der Waals surface area contributed by atoms with Gasteiger partial charge in [-0.3, -0.25) is 10.1 Å². The van der Waals surface area contributed by atoms with Crippen LogP contribution in [0.3, 0.4) is 0 Å². The molecule has 0 aliphatic rings. The summed E-state index contributed by atoms with van der Waals surface area (Å²) in [4.78, 5) is 19.1. The van der Waals surface area contributed by atoms with Gasteiger partial charge in [-0.1, -0.05) is 32.9 Å². The largest absolute Gasteiger partial charge is 0.383 e. The van der Waals surface area contributed by atoms with Gasteiger partial charge in [-0.25, -0.2) is 9.97 Å². The van der Waals surface area contributed by atoms with E-state index in [0.29, 0.717) is 21.7 Å². The third-order valence-electron chi connectivity index (χ3n) is 2.90. The van der Waals surface area contributed by atoms with Crippen LogP contribution in [0.15, 0.2) is 28.7 Å². The average Bonchev–Trinajstić information content (AvgIpc) is 2.40. The number of anilines is 1. The minimum absolute atomic E-state index is 0.00472. The van der Waals surface area contributed by atoms with Crippen LogP contribution in [0.25, 0.3) is 11.4 Å². The summed E-state index contributed by atoms with van der Waals surface area (Å²) in [7, 11) is 0. The number of hydrogen-bond donors (Lipinski definition) is 1. The zero-order valence-electron chi connectivity index (χ0n) is 11.9. The first kappa shape index (κ1) is 15.4. The third kappa shape index (κ3) is 3.18. The van der Waals surface area contributed by atoms with Crippen molar-refractivity contribution >= 4 is 27.4 Å². The number of non-ortho nitro benzene ring substituents is 1. The Morgan fingerprint density at radius 2 is 1.95 bits per heavy atom. The first-order valence-electron chi connectivity index (χ1n) is 6.28. The van der Waals surface area contributed by atoms with E-state index >= 15 is 0 Å². The molecular weight excluding hydrogens is 336 g/mol. The second kappa shape index (κ2) is 5.40. The van der Waals surface area contributed by atoms with Crippen LogP contribution in [-0.2, 0) is 5.41 Å². The van der Waals surface area contributed by atoms with E-state index in [1.54, 1.807) is 12.1 Å². The monoisotopic (exact) mass is 350 g/mol. The molecule has 1 heterocycles. The predicted octanol–water partition coefficient (Wildman–Crippen LogP) is 3.69. The maximum absolute atomic E-state index is 10.9. The van der Waals surface area contributed by atoms with Gasteiger partial charge in [0.1, 0.15) is 5.82 Å². The molecule has 1 aromatic heterocycles. The predicted molar refractivity (Wildman–Crippen MR) is 84.9 cm³/mol. The lowest BCUT2D eigenvalue weighted by atomic mass is 9.91. The van der Waals surface area contributed by atoms with Crippen molar-refractivity contribution in [3.05, 3.63) is 44.5 Å². The smallest absolute Gasteiger partial charge is 0.270 e. The maximum Gasteiger partial charge on any atom is 0.270 e. The van der Waals surface area contributed by atoms with E-state index in [9.17, 15) is 10.1 Å². The fourth-order valence-corrected chi connectivity index (χ4v) is 2.62. The molecule has 2 rings (SSSR count). The van der Waals surface area contributed by atoms with Crippen molar-refractivity contribution in [2.45, 2.75) is 26.2 Å². The fraction of sp³-hybridized carbons (Fsp3) is 0.286. The zero-order valence-corrected chi connectivity index (χ0v) is 13.5. The van der Waals surface area contributed by atoms with Crippen molar-refractivity contribution in [3.8, 4) is 11.4 Å². The van der Waals surface area contributed by atoms with E-state index in [2.05, 4.69) is 25.9 Å². The molecule has 2 aromatic rings. The van der Waals surface area contributed by atoms with Crippen molar-refractivity contribution < 1.29 is 4.92 Å². The zero-order chi connectivity index (χ0) is 15.8. The van der Waals surface area contributed by atoms with Crippen LogP contribution in [0.5, 0.6) is 0 Å². The van der Waals surface area contributed by atoms with Gasteiger partial charge in [-0.15, -0.1) is 0 Å². The van der Waals surface area contributed by atoms with Gasteiger partial charge in [0.2, 0.25) is 0 Å². The molecule has 0 spiro atoms. The number of nitrogens with zero attached hydrogens (tertiary/aromatic N) is 3. The molecule has 7 heteroatoms. The van der Waals surface area contributed by atoms with Gasteiger partial charge in [0.05, 0.1) is 15.1 Å². The van der Waals surface area contributed by atoms with Gasteiger partial charge < -0.3 is 5.73 Å². The number of nitrogen functional groups attached to an aromatic ring is 1. The SMILES string of the molecule is CC(C)(C)c1nc(-c2cccc([N+](=O)[O-])c2)nc(N)c1Br. The summed E-state index contributed by atoms with van der Waals surface area (Å²) in [5, 5.41) is 10.9. The molecule has 0 fully saturated rings. The Morgan fingerprint density at radius 1 is 1.29 bits per heavy atom. The molecule has 0 saturated heterocycles. The summed E-state index contributed by atoms with van der Waals surface area (Å²) in [6, 6.07) is 6.19. The molecule has 0 amide bonds. The van der Waals surface area contributed by atoms with Gasteiger partial charge in [0.15, 0.2) is 5.82 Å². The fourth-order valence-electron chi connectivity index (χ4n) is 1.85. The molecule has 21 heavy (non-hydrogen) atoms. The van der Waals surface area contributed by atoms with Crippen LogP contribution in [0.2, 0.25) is 0 Å². The third-order valence-corrected chi connectivity index (χ3v) is 3.68. The van der Waals surface area contributed by atoms with Crippen LogP contribution < -0.4 is 5.73 Å². The lowest BCUT2D eigenvalue weighted by Crippen LogP contribution is -2.17. The second-order valence-corrected chi connectivity index (χ2v) is 6.45. The van der Waals surface area contributed by atoms with Crippen molar-refractivity contribution in [1.29, 1.82) is 0 Å². The minimum Gasteiger partial charge on any atom is -0.383 e. The minimum atomic E-state index is -0.448. The number of nitrogens with two attached hydrogens (primary N) is 1. The molecule has 0 unspecified atom stereocenters. The van der Waals surface area contributed by atoms with Crippen molar-refractivity contribution in [1.82, 2.24) is 9.97 Å². The Balaban J connectivity index is 2.63. The summed E-state index contributed by atoms with van der Waals surface area (Å²) >= 11 is 3.40. The van der Waals surface area contributed by atoms with E-state index in [1.807, 2.05) is 20.8 Å². The first-order valence-corrected chi connectivity index (χ1v) is 7.08. The second-order valence-electron chi connectivity index (χ2n) is 5.65. The quantitative estimate of drug-likeness (QED) is 0.658. The molecule has 1 aromatic carbocycles. The molecule has 2 N–H and O–H groups in total. The van der Waals surface area contributed by atoms with Crippen LogP contribution in [0.4, 0.5) is 11.5 Å². The van der Waals surface area contributed by atoms with Crippen LogP contribution in [0, 0.1) is 10.1 Å². The lowest BCUT2D eigenvalue weighted by molar-refractivity contribution is -0.384. The van der Waals surface area contributed by atoms with Crippen molar-refractivity contribution in [2.75, 3.05) is 5.73 Å². The topological polar surface area (TPSA) is 94.9 Å². The summed E-state index contributed by atoms with van der Waals surface area (Å²) in [5.74, 6) is 0.695. The molecule has 110 valence electrons. The normalized spacial score (nSPS) is 11.4. The maximum atomic E-state index is 10.9. The van der Waals surface area contributed by atoms with E-state index in [0.717, 1.165) is 5.69 Å². The number of nitro groups is 1. The van der Waals surface area contributed by atoms with Crippen LogP contribution in [-0.4, -0.2) is 14.9 Å². The van der Waals surface area contributed by atoms with E-state index in [1.165, 1.54) is 12.1 Å². The molecular formula is C14H15BrN4O2. The Labute approximate surface area is 130 Å². The molecule has 0 aliphatic heterocycles. The number of benzene rings is 1. The molecule has 0 radical (unpaired) electrons. The number of halogens is 1. The highest BCUT2D eigenvalue weighted by Gasteiger charge is 2.23. The van der Waals surface area contributed by atoms with Crippen LogP contribution in [0.1, 0.15) is 26.5 Å². The van der Waals surface area contributed by atoms with Gasteiger partial charge in [0.25, 0.3) is 5.69 Å². The molecule has 6 nitrogen and oxygen atoms in total. The summed E-state index contributed by atoms with van der Waals surface area (Å²) < 4.78 is 0.657. The van der Waals surface area contributed by atoms with E-state index in [4.69, 9.17) is 5.73 Å². The standard InChI is InChI=1S/C14H15BrN4O2/c1-14(2,3)11-10(15)12(16)18-13(17-11)8-5-4-6-9(7-8)19(20)21/h4-7H,1-3H3,(H2,16,17,18). The van der Waals surface area contributed by atoms with Gasteiger partial charge in [-0.2, -0.15) is 0 Å².